The second-order valence-electron chi connectivity index (χ2n) is 4.54. The number of hydrogen-bond donors (Lipinski definition) is 1. The van der Waals surface area contributed by atoms with Crippen molar-refractivity contribution in [3.8, 4) is 0 Å². The summed E-state index contributed by atoms with van der Waals surface area (Å²) >= 11 is 15.3. The van der Waals surface area contributed by atoms with E-state index >= 15 is 0 Å². The van der Waals surface area contributed by atoms with E-state index in [1.54, 1.807) is 30.1 Å². The van der Waals surface area contributed by atoms with E-state index in [2.05, 4.69) is 21.2 Å². The highest BCUT2D eigenvalue weighted by Crippen LogP contribution is 2.25. The molecule has 2 aromatic rings. The maximum atomic E-state index is 12.2. The van der Waals surface area contributed by atoms with Crippen LogP contribution in [0.3, 0.4) is 0 Å². The lowest BCUT2D eigenvalue weighted by Crippen LogP contribution is -2.30. The normalized spacial score (nSPS) is 10.3. The third-order valence-electron chi connectivity index (χ3n) is 2.85. The van der Waals surface area contributed by atoms with Crippen molar-refractivity contribution in [2.45, 2.75) is 6.54 Å². The first kappa shape index (κ1) is 16.1. The Morgan fingerprint density at radius 2 is 1.86 bits per heavy atom. The zero-order valence-corrected chi connectivity index (χ0v) is 14.3. The topological polar surface area (TPSA) is 32.3 Å². The van der Waals surface area contributed by atoms with E-state index in [-0.39, 0.29) is 6.03 Å². The summed E-state index contributed by atoms with van der Waals surface area (Å²) in [5, 5.41) is 3.71. The van der Waals surface area contributed by atoms with Gasteiger partial charge >= 0.3 is 6.03 Å². The second kappa shape index (κ2) is 7.16. The molecule has 0 aromatic heterocycles. The fraction of sp³-hybridized carbons (Fsp3) is 0.133. The zero-order valence-electron chi connectivity index (χ0n) is 11.2. The van der Waals surface area contributed by atoms with Gasteiger partial charge < -0.3 is 10.2 Å². The zero-order chi connectivity index (χ0) is 15.4. The monoisotopic (exact) mass is 386 g/mol. The Balaban J connectivity index is 2.02. The van der Waals surface area contributed by atoms with Crippen LogP contribution in [0.5, 0.6) is 0 Å². The van der Waals surface area contributed by atoms with Crippen LogP contribution in [-0.2, 0) is 6.54 Å². The Hall–Kier alpha value is -1.23. The number of urea groups is 1. The van der Waals surface area contributed by atoms with Gasteiger partial charge in [0.1, 0.15) is 0 Å². The summed E-state index contributed by atoms with van der Waals surface area (Å²) in [6, 6.07) is 12.5. The van der Waals surface area contributed by atoms with Gasteiger partial charge in [-0.1, -0.05) is 51.3 Å². The van der Waals surface area contributed by atoms with Crippen LogP contribution in [0.2, 0.25) is 10.0 Å². The number of anilines is 1. The molecule has 0 aliphatic carbocycles. The summed E-state index contributed by atoms with van der Waals surface area (Å²) in [7, 11) is 1.72. The lowest BCUT2D eigenvalue weighted by molar-refractivity contribution is 0.220. The molecule has 2 rings (SSSR count). The number of nitrogens with zero attached hydrogens (tertiary/aromatic N) is 1. The number of nitrogens with one attached hydrogen (secondary N) is 1. The van der Waals surface area contributed by atoms with E-state index in [4.69, 9.17) is 23.2 Å². The minimum atomic E-state index is -0.248. The van der Waals surface area contributed by atoms with Gasteiger partial charge in [0, 0.05) is 23.1 Å². The van der Waals surface area contributed by atoms with E-state index in [1.807, 2.05) is 24.3 Å². The van der Waals surface area contributed by atoms with Crippen LogP contribution in [0.1, 0.15) is 5.56 Å². The van der Waals surface area contributed by atoms with Gasteiger partial charge in [-0.25, -0.2) is 4.79 Å². The van der Waals surface area contributed by atoms with Gasteiger partial charge in [-0.05, 0) is 35.9 Å². The first-order valence-electron chi connectivity index (χ1n) is 6.17. The summed E-state index contributed by atoms with van der Waals surface area (Å²) in [6.45, 7) is 0.497. The molecular formula is C15H13BrCl2N2O. The van der Waals surface area contributed by atoms with Crippen molar-refractivity contribution in [3.63, 3.8) is 0 Å². The van der Waals surface area contributed by atoms with Gasteiger partial charge in [-0.2, -0.15) is 0 Å². The van der Waals surface area contributed by atoms with Crippen LogP contribution in [0.15, 0.2) is 46.9 Å². The highest BCUT2D eigenvalue weighted by Gasteiger charge is 2.11. The third-order valence-corrected chi connectivity index (χ3v) is 3.94. The quantitative estimate of drug-likeness (QED) is 0.749. The minimum Gasteiger partial charge on any atom is -0.323 e. The summed E-state index contributed by atoms with van der Waals surface area (Å²) in [4.78, 5) is 13.7. The van der Waals surface area contributed by atoms with Gasteiger partial charge in [-0.3, -0.25) is 0 Å². The largest absolute Gasteiger partial charge is 0.323 e. The summed E-state index contributed by atoms with van der Waals surface area (Å²) < 4.78 is 1.00. The molecule has 0 bridgehead atoms. The minimum absolute atomic E-state index is 0.248. The summed E-state index contributed by atoms with van der Waals surface area (Å²) in [6.07, 6.45) is 0. The van der Waals surface area contributed by atoms with Crippen molar-refractivity contribution in [2.24, 2.45) is 0 Å². The molecule has 3 nitrogen and oxygen atoms in total. The van der Waals surface area contributed by atoms with E-state index < -0.39 is 0 Å². The molecule has 0 atom stereocenters. The molecule has 6 heteroatoms. The molecule has 0 aliphatic heterocycles. The van der Waals surface area contributed by atoms with Crippen molar-refractivity contribution in [3.05, 3.63) is 62.5 Å². The first-order valence-corrected chi connectivity index (χ1v) is 7.72. The van der Waals surface area contributed by atoms with E-state index in [9.17, 15) is 4.79 Å². The van der Waals surface area contributed by atoms with E-state index in [0.717, 1.165) is 10.0 Å². The Labute approximate surface area is 142 Å². The first-order chi connectivity index (χ1) is 9.95. The van der Waals surface area contributed by atoms with Gasteiger partial charge in [0.25, 0.3) is 0 Å². The third kappa shape index (κ3) is 4.63. The van der Waals surface area contributed by atoms with Crippen LogP contribution >= 0.6 is 39.1 Å². The number of rotatable bonds is 3. The predicted octanol–water partition coefficient (Wildman–Crippen LogP) is 5.42. The summed E-state index contributed by atoms with van der Waals surface area (Å²) in [5.74, 6) is 0. The van der Waals surface area contributed by atoms with Crippen LogP contribution in [0.4, 0.5) is 10.5 Å². The van der Waals surface area contributed by atoms with Crippen LogP contribution in [-0.4, -0.2) is 18.0 Å². The molecule has 0 aliphatic rings. The highest BCUT2D eigenvalue weighted by molar-refractivity contribution is 9.10. The standard InChI is InChI=1S/C15H13BrCl2N2O/c1-20(9-10-2-4-11(16)5-3-10)15(21)19-14-8-12(17)6-7-13(14)18/h2-8H,9H2,1H3,(H,19,21). The molecule has 0 unspecified atom stereocenters. The smallest absolute Gasteiger partial charge is 0.321 e. The number of hydrogen-bond acceptors (Lipinski definition) is 1. The molecule has 0 fully saturated rings. The van der Waals surface area contributed by atoms with Crippen molar-refractivity contribution < 1.29 is 4.79 Å². The number of carbonyl (C=O) groups excluding carboxylic acids is 1. The Bertz CT molecular complexity index is 647. The van der Waals surface area contributed by atoms with Gasteiger partial charge in [0.15, 0.2) is 0 Å². The molecule has 0 spiro atoms. The fourth-order valence-corrected chi connectivity index (χ4v) is 2.34. The highest BCUT2D eigenvalue weighted by atomic mass is 79.9. The van der Waals surface area contributed by atoms with E-state index in [0.29, 0.717) is 22.3 Å². The van der Waals surface area contributed by atoms with Crippen molar-refractivity contribution in [1.29, 1.82) is 0 Å². The van der Waals surface area contributed by atoms with Gasteiger partial charge in [0.05, 0.1) is 10.7 Å². The predicted molar refractivity (Wildman–Crippen MR) is 91.1 cm³/mol. The molecular weight excluding hydrogens is 375 g/mol. The van der Waals surface area contributed by atoms with Crippen LogP contribution in [0, 0.1) is 0 Å². The lowest BCUT2D eigenvalue weighted by atomic mass is 10.2. The molecule has 2 aromatic carbocycles. The second-order valence-corrected chi connectivity index (χ2v) is 6.30. The van der Waals surface area contributed by atoms with Crippen LogP contribution < -0.4 is 5.32 Å². The number of halogens is 3. The van der Waals surface area contributed by atoms with Gasteiger partial charge in [0.2, 0.25) is 0 Å². The SMILES string of the molecule is CN(Cc1ccc(Br)cc1)C(=O)Nc1cc(Cl)ccc1Cl. The number of carbonyl (C=O) groups is 1. The lowest BCUT2D eigenvalue weighted by Gasteiger charge is -2.18. The molecule has 1 N–H and O–H groups in total. The molecule has 0 saturated heterocycles. The maximum Gasteiger partial charge on any atom is 0.321 e. The fourth-order valence-electron chi connectivity index (χ4n) is 1.74. The molecule has 0 heterocycles. The van der Waals surface area contributed by atoms with Crippen molar-refractivity contribution in [2.75, 3.05) is 12.4 Å². The van der Waals surface area contributed by atoms with E-state index in [1.165, 1.54) is 0 Å². The Kier molecular flexibility index (Phi) is 5.51. The molecule has 110 valence electrons. The maximum absolute atomic E-state index is 12.2. The number of benzene rings is 2. The Morgan fingerprint density at radius 3 is 2.52 bits per heavy atom. The Morgan fingerprint density at radius 1 is 1.19 bits per heavy atom. The van der Waals surface area contributed by atoms with Crippen molar-refractivity contribution in [1.82, 2.24) is 4.90 Å². The molecule has 2 amide bonds. The van der Waals surface area contributed by atoms with Crippen molar-refractivity contribution >= 4 is 50.9 Å². The molecule has 0 radical (unpaired) electrons. The average Bonchev–Trinajstić information content (AvgIpc) is 2.45. The molecule has 21 heavy (non-hydrogen) atoms. The number of amides is 2. The van der Waals surface area contributed by atoms with Gasteiger partial charge in [-0.15, -0.1) is 0 Å². The average molecular weight is 388 g/mol. The molecule has 0 saturated carbocycles. The van der Waals surface area contributed by atoms with Crippen LogP contribution in [0.25, 0.3) is 0 Å². The summed E-state index contributed by atoms with van der Waals surface area (Å²) in [5.41, 5.74) is 1.53.